The van der Waals surface area contributed by atoms with Gasteiger partial charge < -0.3 is 28.9 Å². The highest BCUT2D eigenvalue weighted by Crippen LogP contribution is 2.18. The van der Waals surface area contributed by atoms with Gasteiger partial charge in [0.05, 0.1) is 34.4 Å². The molecule has 0 radical (unpaired) electrons. The van der Waals surface area contributed by atoms with Gasteiger partial charge in [0, 0.05) is 6.42 Å². The Morgan fingerprint density at radius 2 is 0.694 bits per heavy atom. The monoisotopic (exact) mass is 883 g/mol. The number of carboxylic acid groups (broad SMARTS) is 1. The second-order valence-electron chi connectivity index (χ2n) is 20.1. The zero-order chi connectivity index (χ0) is 45.5. The molecule has 370 valence electrons. The lowest BCUT2D eigenvalue weighted by Crippen LogP contribution is -2.40. The molecule has 0 aliphatic carbocycles. The van der Waals surface area contributed by atoms with Gasteiger partial charge in [0.1, 0.15) is 19.3 Å². The van der Waals surface area contributed by atoms with Crippen LogP contribution >= 0.6 is 0 Å². The molecule has 0 saturated heterocycles. The highest BCUT2D eigenvalue weighted by molar-refractivity contribution is 5.70. The van der Waals surface area contributed by atoms with Crippen molar-refractivity contribution in [2.75, 3.05) is 47.5 Å². The van der Waals surface area contributed by atoms with Crippen LogP contribution in [0.4, 0.5) is 0 Å². The lowest BCUT2D eigenvalue weighted by molar-refractivity contribution is -0.870. The maximum atomic E-state index is 12.0. The Kier molecular flexibility index (Phi) is 46.8. The maximum absolute atomic E-state index is 12.0. The van der Waals surface area contributed by atoms with E-state index >= 15 is 0 Å². The Bertz CT molecular complexity index is 925. The maximum Gasteiger partial charge on any atom is 0.361 e. The van der Waals surface area contributed by atoms with E-state index in [-0.39, 0.29) is 25.8 Å². The van der Waals surface area contributed by atoms with Crippen LogP contribution in [-0.2, 0) is 23.8 Å². The molecule has 0 rings (SSSR count). The molecule has 0 heterocycles. The number of unbranched alkanes of at least 4 members (excludes halogenated alkanes) is 40. The van der Waals surface area contributed by atoms with E-state index in [0.717, 1.165) is 19.3 Å². The number of carbonyl (C=O) groups excluding carboxylic acids is 1. The van der Waals surface area contributed by atoms with Gasteiger partial charge in [-0.15, -0.1) is 0 Å². The van der Waals surface area contributed by atoms with Gasteiger partial charge in [-0.1, -0.05) is 264 Å². The summed E-state index contributed by atoms with van der Waals surface area (Å²) >= 11 is 0. The molecule has 8 nitrogen and oxygen atoms in total. The smallest absolute Gasteiger partial charge is 0.361 e. The summed E-state index contributed by atoms with van der Waals surface area (Å²) in [6.45, 7) is 2.63. The molecule has 0 aliphatic rings. The fourth-order valence-electron chi connectivity index (χ4n) is 8.37. The zero-order valence-corrected chi connectivity index (χ0v) is 42.1. The molecular weight excluding hydrogens is 775 g/mol. The second-order valence-corrected chi connectivity index (χ2v) is 20.1. The van der Waals surface area contributed by atoms with Crippen LogP contribution in [-0.4, -0.2) is 86.5 Å². The lowest BCUT2D eigenvalue weighted by Gasteiger charge is -2.24. The lowest BCUT2D eigenvalue weighted by atomic mass is 10.0. The average molecular weight is 883 g/mol. The summed E-state index contributed by atoms with van der Waals surface area (Å²) in [7, 11) is 5.93. The quantitative estimate of drug-likeness (QED) is 0.0271. The SMILES string of the molecule is CCCCCCCCCCCCCCCCCCCCCCCCCCCCCCCCCCCCCCCCCCCC(=O)OCC(O)COC(OCC[N+](C)(C)C)C(=O)O. The molecule has 2 atom stereocenters. The van der Waals surface area contributed by atoms with Crippen molar-refractivity contribution >= 4 is 11.9 Å². The molecule has 2 unspecified atom stereocenters. The Morgan fingerprint density at radius 1 is 0.419 bits per heavy atom. The number of hydrogen-bond donors (Lipinski definition) is 2. The Labute approximate surface area is 385 Å². The van der Waals surface area contributed by atoms with Gasteiger partial charge in [0.15, 0.2) is 0 Å². The zero-order valence-electron chi connectivity index (χ0n) is 42.1. The summed E-state index contributed by atoms with van der Waals surface area (Å²) in [4.78, 5) is 23.4. The fraction of sp³-hybridized carbons (Fsp3) is 0.963. The van der Waals surface area contributed by atoms with Gasteiger partial charge in [-0.3, -0.25) is 4.79 Å². The molecule has 0 spiro atoms. The fourth-order valence-corrected chi connectivity index (χ4v) is 8.37. The third-order valence-corrected chi connectivity index (χ3v) is 12.6. The van der Waals surface area contributed by atoms with E-state index in [1.807, 2.05) is 21.1 Å². The van der Waals surface area contributed by atoms with E-state index in [1.54, 1.807) is 0 Å². The van der Waals surface area contributed by atoms with Gasteiger partial charge in [-0.25, -0.2) is 4.79 Å². The number of carboxylic acids is 1. The number of nitrogens with zero attached hydrogens (tertiary/aromatic N) is 1. The van der Waals surface area contributed by atoms with Crippen LogP contribution in [0.3, 0.4) is 0 Å². The molecular formula is C54H108NO7+. The van der Waals surface area contributed by atoms with Gasteiger partial charge >= 0.3 is 11.9 Å². The first-order valence-corrected chi connectivity index (χ1v) is 27.3. The topological polar surface area (TPSA) is 102 Å². The molecule has 2 N–H and O–H groups in total. The van der Waals surface area contributed by atoms with Crippen molar-refractivity contribution < 1.29 is 38.5 Å². The number of ether oxygens (including phenoxy) is 3. The van der Waals surface area contributed by atoms with Gasteiger partial charge in [-0.05, 0) is 6.42 Å². The van der Waals surface area contributed by atoms with Gasteiger partial charge in [0.2, 0.25) is 0 Å². The van der Waals surface area contributed by atoms with E-state index < -0.39 is 18.4 Å². The molecule has 0 aromatic rings. The van der Waals surface area contributed by atoms with E-state index in [4.69, 9.17) is 14.2 Å². The number of esters is 1. The summed E-state index contributed by atoms with van der Waals surface area (Å²) in [6.07, 6.45) is 55.1. The van der Waals surface area contributed by atoms with Crippen molar-refractivity contribution in [1.29, 1.82) is 0 Å². The normalized spacial score (nSPS) is 12.9. The van der Waals surface area contributed by atoms with E-state index in [0.29, 0.717) is 17.4 Å². The van der Waals surface area contributed by atoms with Crippen molar-refractivity contribution in [2.45, 2.75) is 289 Å². The predicted octanol–water partition coefficient (Wildman–Crippen LogP) is 15.4. The summed E-state index contributed by atoms with van der Waals surface area (Å²) < 4.78 is 16.2. The summed E-state index contributed by atoms with van der Waals surface area (Å²) in [5.41, 5.74) is 0. The van der Waals surface area contributed by atoms with Crippen molar-refractivity contribution in [3.63, 3.8) is 0 Å². The first kappa shape index (κ1) is 60.8. The molecule has 0 aromatic carbocycles. The van der Waals surface area contributed by atoms with Crippen LogP contribution in [0.15, 0.2) is 0 Å². The van der Waals surface area contributed by atoms with Crippen LogP contribution in [0, 0.1) is 0 Å². The molecule has 0 aliphatic heterocycles. The van der Waals surface area contributed by atoms with Crippen molar-refractivity contribution in [3.05, 3.63) is 0 Å². The highest BCUT2D eigenvalue weighted by atomic mass is 16.7. The number of aliphatic hydroxyl groups is 1. The first-order valence-electron chi connectivity index (χ1n) is 27.3. The minimum absolute atomic E-state index is 0.214. The van der Waals surface area contributed by atoms with Crippen molar-refractivity contribution in [2.24, 2.45) is 0 Å². The average Bonchev–Trinajstić information content (AvgIpc) is 3.24. The van der Waals surface area contributed by atoms with Crippen molar-refractivity contribution in [3.8, 4) is 0 Å². The third-order valence-electron chi connectivity index (χ3n) is 12.6. The number of aliphatic hydroxyl groups excluding tert-OH is 1. The molecule has 8 heteroatoms. The minimum Gasteiger partial charge on any atom is -0.477 e. The predicted molar refractivity (Wildman–Crippen MR) is 263 cm³/mol. The number of rotatable bonds is 52. The molecule has 62 heavy (non-hydrogen) atoms. The molecule has 0 amide bonds. The van der Waals surface area contributed by atoms with E-state index in [2.05, 4.69) is 6.92 Å². The van der Waals surface area contributed by atoms with Crippen LogP contribution in [0.2, 0.25) is 0 Å². The standard InChI is InChI=1S/C54H107NO7/c1-5-6-7-8-9-10-11-12-13-14-15-16-17-18-19-20-21-22-23-24-25-26-27-28-29-30-31-32-33-34-35-36-37-38-39-40-41-42-43-44-45-46-52(57)61-49-51(56)50-62-54(53(58)59)60-48-47-55(2,3)4/h51,54,56H,5-50H2,1-4H3/p+1. The first-order chi connectivity index (χ1) is 30.2. The van der Waals surface area contributed by atoms with Crippen LogP contribution in [0.5, 0.6) is 0 Å². The third kappa shape index (κ3) is 49.8. The Morgan fingerprint density at radius 3 is 0.952 bits per heavy atom. The molecule has 0 saturated carbocycles. The number of carbonyl (C=O) groups is 2. The number of quaternary nitrogens is 1. The summed E-state index contributed by atoms with van der Waals surface area (Å²) in [6, 6.07) is 0. The van der Waals surface area contributed by atoms with Crippen LogP contribution < -0.4 is 0 Å². The minimum atomic E-state index is -1.46. The molecule has 0 bridgehead atoms. The number of likely N-dealkylation sites (N-methyl/N-ethyl adjacent to an activating group) is 1. The number of aliphatic carboxylic acids is 1. The summed E-state index contributed by atoms with van der Waals surface area (Å²) in [5, 5.41) is 19.3. The van der Waals surface area contributed by atoms with Gasteiger partial charge in [-0.2, -0.15) is 0 Å². The Balaban J connectivity index is 3.27. The van der Waals surface area contributed by atoms with Crippen LogP contribution in [0.25, 0.3) is 0 Å². The highest BCUT2D eigenvalue weighted by Gasteiger charge is 2.22. The van der Waals surface area contributed by atoms with E-state index in [9.17, 15) is 19.8 Å². The van der Waals surface area contributed by atoms with Crippen molar-refractivity contribution in [1.82, 2.24) is 0 Å². The molecule has 0 aromatic heterocycles. The second kappa shape index (κ2) is 47.7. The summed E-state index contributed by atoms with van der Waals surface area (Å²) in [5.74, 6) is -1.59. The van der Waals surface area contributed by atoms with E-state index in [1.165, 1.54) is 244 Å². The van der Waals surface area contributed by atoms with Crippen LogP contribution in [0.1, 0.15) is 277 Å². The largest absolute Gasteiger partial charge is 0.477 e. The Hall–Kier alpha value is -1.22. The van der Waals surface area contributed by atoms with Gasteiger partial charge in [0.25, 0.3) is 6.29 Å². The molecule has 0 fully saturated rings. The number of hydrogen-bond acceptors (Lipinski definition) is 6.